The van der Waals surface area contributed by atoms with Gasteiger partial charge in [-0.2, -0.15) is 0 Å². The first-order valence-electron chi connectivity index (χ1n) is 6.46. The molecule has 2 rings (SSSR count). The van der Waals surface area contributed by atoms with E-state index in [1.165, 1.54) is 4.88 Å². The highest BCUT2D eigenvalue weighted by atomic mass is 32.1. The largest absolute Gasteiger partial charge is 0.370 e. The van der Waals surface area contributed by atoms with Crippen molar-refractivity contribution < 1.29 is 4.74 Å². The Balaban J connectivity index is 1.90. The van der Waals surface area contributed by atoms with E-state index in [1.807, 2.05) is 19.1 Å². The molecule has 0 saturated carbocycles. The van der Waals surface area contributed by atoms with Gasteiger partial charge in [0.2, 0.25) is 0 Å². The predicted octanol–water partition coefficient (Wildman–Crippen LogP) is 3.39. The van der Waals surface area contributed by atoms with E-state index in [9.17, 15) is 0 Å². The Morgan fingerprint density at radius 3 is 2.95 bits per heavy atom. The smallest absolute Gasteiger partial charge is 0.156 e. The monoisotopic (exact) mass is 277 g/mol. The number of aromatic nitrogens is 2. The first kappa shape index (κ1) is 14.0. The third-order valence-electron chi connectivity index (χ3n) is 2.51. The summed E-state index contributed by atoms with van der Waals surface area (Å²) < 4.78 is 5.64. The molecular weight excluding hydrogens is 258 g/mol. The van der Waals surface area contributed by atoms with Crippen molar-refractivity contribution in [3.63, 3.8) is 0 Å². The van der Waals surface area contributed by atoms with Crippen LogP contribution in [0.5, 0.6) is 0 Å². The molecule has 0 spiro atoms. The molecular formula is C14H19N3OS. The number of ether oxygens (including phenoxy) is 1. The minimum atomic E-state index is 0.445. The number of hydrogen-bond acceptors (Lipinski definition) is 5. The zero-order chi connectivity index (χ0) is 13.5. The second kappa shape index (κ2) is 7.21. The average Bonchev–Trinajstić information content (AvgIpc) is 2.89. The molecule has 19 heavy (non-hydrogen) atoms. The molecule has 2 heterocycles. The number of rotatable bonds is 7. The van der Waals surface area contributed by atoms with Crippen LogP contribution in [0, 0.1) is 6.92 Å². The molecule has 2 aromatic rings. The van der Waals surface area contributed by atoms with E-state index in [2.05, 4.69) is 33.7 Å². The molecule has 0 aliphatic heterocycles. The Bertz CT molecular complexity index is 499. The van der Waals surface area contributed by atoms with E-state index >= 15 is 0 Å². The Hall–Kier alpha value is -1.46. The van der Waals surface area contributed by atoms with E-state index in [-0.39, 0.29) is 0 Å². The van der Waals surface area contributed by atoms with Crippen molar-refractivity contribution >= 4 is 17.2 Å². The zero-order valence-corrected chi connectivity index (χ0v) is 12.2. The topological polar surface area (TPSA) is 47.0 Å². The molecule has 4 nitrogen and oxygen atoms in total. The predicted molar refractivity (Wildman–Crippen MR) is 78.4 cm³/mol. The number of thiophene rings is 1. The molecule has 0 unspecified atom stereocenters. The highest BCUT2D eigenvalue weighted by Crippen LogP contribution is 2.11. The molecule has 0 fully saturated rings. The molecule has 0 amide bonds. The second-order valence-corrected chi connectivity index (χ2v) is 5.34. The third kappa shape index (κ3) is 4.61. The number of hydrogen-bond donors (Lipinski definition) is 1. The quantitative estimate of drug-likeness (QED) is 0.842. The molecule has 102 valence electrons. The lowest BCUT2D eigenvalue weighted by Gasteiger charge is -2.08. The number of nitrogens with zero attached hydrogens (tertiary/aromatic N) is 2. The summed E-state index contributed by atoms with van der Waals surface area (Å²) in [6, 6.07) is 6.05. The number of nitrogens with one attached hydrogen (secondary N) is 1. The minimum Gasteiger partial charge on any atom is -0.370 e. The van der Waals surface area contributed by atoms with Gasteiger partial charge in [0.25, 0.3) is 0 Å². The van der Waals surface area contributed by atoms with Gasteiger partial charge in [0, 0.05) is 23.2 Å². The van der Waals surface area contributed by atoms with Gasteiger partial charge in [-0.25, -0.2) is 9.97 Å². The maximum atomic E-state index is 5.64. The van der Waals surface area contributed by atoms with Crippen LogP contribution in [-0.2, 0) is 18.0 Å². The van der Waals surface area contributed by atoms with Crippen LogP contribution in [0.15, 0.2) is 23.6 Å². The average molecular weight is 277 g/mol. The van der Waals surface area contributed by atoms with Crippen molar-refractivity contribution in [2.24, 2.45) is 0 Å². The Kier molecular flexibility index (Phi) is 5.30. The van der Waals surface area contributed by atoms with Crippen LogP contribution < -0.4 is 5.32 Å². The molecule has 0 aliphatic carbocycles. The van der Waals surface area contributed by atoms with Gasteiger partial charge in [-0.05, 0) is 24.8 Å². The van der Waals surface area contributed by atoms with Crippen LogP contribution in [0.3, 0.4) is 0 Å². The van der Waals surface area contributed by atoms with Crippen LogP contribution >= 0.6 is 11.3 Å². The highest BCUT2D eigenvalue weighted by molar-refractivity contribution is 7.09. The van der Waals surface area contributed by atoms with Crippen molar-refractivity contribution in [3.05, 3.63) is 40.0 Å². The summed E-state index contributed by atoms with van der Waals surface area (Å²) in [4.78, 5) is 10.1. The van der Waals surface area contributed by atoms with Crippen LogP contribution in [0.2, 0.25) is 0 Å². The lowest BCUT2D eigenvalue weighted by Crippen LogP contribution is -2.07. The molecule has 0 radical (unpaired) electrons. The molecule has 0 bridgehead atoms. The molecule has 0 atom stereocenters. The van der Waals surface area contributed by atoms with Gasteiger partial charge in [0.1, 0.15) is 12.4 Å². The van der Waals surface area contributed by atoms with Crippen LogP contribution in [0.4, 0.5) is 5.82 Å². The minimum absolute atomic E-state index is 0.445. The normalized spacial score (nSPS) is 10.6. The van der Waals surface area contributed by atoms with E-state index in [1.54, 1.807) is 11.3 Å². The summed E-state index contributed by atoms with van der Waals surface area (Å²) in [6.07, 6.45) is 1.08. The van der Waals surface area contributed by atoms with Gasteiger partial charge >= 0.3 is 0 Å². The molecule has 1 N–H and O–H groups in total. The molecule has 5 heteroatoms. The van der Waals surface area contributed by atoms with Crippen LogP contribution in [-0.4, -0.2) is 16.5 Å². The van der Waals surface area contributed by atoms with E-state index < -0.39 is 0 Å². The Morgan fingerprint density at radius 2 is 2.21 bits per heavy atom. The highest BCUT2D eigenvalue weighted by Gasteiger charge is 2.03. The fourth-order valence-electron chi connectivity index (χ4n) is 1.68. The molecule has 2 aromatic heterocycles. The van der Waals surface area contributed by atoms with Gasteiger partial charge in [-0.3, -0.25) is 0 Å². The van der Waals surface area contributed by atoms with Crippen molar-refractivity contribution in [1.29, 1.82) is 0 Å². The van der Waals surface area contributed by atoms with Gasteiger partial charge in [-0.15, -0.1) is 11.3 Å². The summed E-state index contributed by atoms with van der Waals surface area (Å²) in [5.74, 6) is 1.61. The van der Waals surface area contributed by atoms with E-state index in [0.29, 0.717) is 13.2 Å². The summed E-state index contributed by atoms with van der Waals surface area (Å²) in [7, 11) is 0. The standard InChI is InChI=1S/C14H19N3OS/c1-3-6-15-13-8-11(2)16-14(17-13)10-18-9-12-5-4-7-19-12/h4-5,7-8H,3,6,9-10H2,1-2H3,(H,15,16,17). The van der Waals surface area contributed by atoms with E-state index in [4.69, 9.17) is 4.74 Å². The molecule has 0 aliphatic rings. The summed E-state index contributed by atoms with van der Waals surface area (Å²) in [6.45, 7) is 6.09. The zero-order valence-electron chi connectivity index (χ0n) is 11.3. The summed E-state index contributed by atoms with van der Waals surface area (Å²) >= 11 is 1.70. The van der Waals surface area contributed by atoms with Gasteiger partial charge in [0.15, 0.2) is 5.82 Å². The van der Waals surface area contributed by atoms with Gasteiger partial charge in [-0.1, -0.05) is 13.0 Å². The fraction of sp³-hybridized carbons (Fsp3) is 0.429. The van der Waals surface area contributed by atoms with E-state index in [0.717, 1.165) is 30.3 Å². The maximum absolute atomic E-state index is 5.64. The van der Waals surface area contributed by atoms with Crippen molar-refractivity contribution in [1.82, 2.24) is 9.97 Å². The number of anilines is 1. The lowest BCUT2D eigenvalue weighted by atomic mass is 10.4. The van der Waals surface area contributed by atoms with Gasteiger partial charge < -0.3 is 10.1 Å². The van der Waals surface area contributed by atoms with Crippen molar-refractivity contribution in [3.8, 4) is 0 Å². The molecule has 0 saturated heterocycles. The summed E-state index contributed by atoms with van der Waals surface area (Å²) in [5, 5.41) is 5.33. The fourth-order valence-corrected chi connectivity index (χ4v) is 2.32. The lowest BCUT2D eigenvalue weighted by molar-refractivity contribution is 0.104. The first-order valence-corrected chi connectivity index (χ1v) is 7.34. The van der Waals surface area contributed by atoms with Gasteiger partial charge in [0.05, 0.1) is 6.61 Å². The first-order chi connectivity index (χ1) is 9.28. The SMILES string of the molecule is CCCNc1cc(C)nc(COCc2cccs2)n1. The maximum Gasteiger partial charge on any atom is 0.156 e. The Labute approximate surface area is 117 Å². The summed E-state index contributed by atoms with van der Waals surface area (Å²) in [5.41, 5.74) is 0.961. The third-order valence-corrected chi connectivity index (χ3v) is 3.36. The number of aryl methyl sites for hydroxylation is 1. The van der Waals surface area contributed by atoms with Crippen LogP contribution in [0.1, 0.15) is 29.7 Å². The Morgan fingerprint density at radius 1 is 1.32 bits per heavy atom. The van der Waals surface area contributed by atoms with Crippen LogP contribution in [0.25, 0.3) is 0 Å². The van der Waals surface area contributed by atoms with Crippen molar-refractivity contribution in [2.75, 3.05) is 11.9 Å². The molecule has 0 aromatic carbocycles. The van der Waals surface area contributed by atoms with Crippen molar-refractivity contribution in [2.45, 2.75) is 33.5 Å². The second-order valence-electron chi connectivity index (χ2n) is 4.31.